The van der Waals surface area contributed by atoms with E-state index in [2.05, 4.69) is 0 Å². The van der Waals surface area contributed by atoms with Gasteiger partial charge in [0.05, 0.1) is 64.2 Å². The molecule has 0 saturated heterocycles. The van der Waals surface area contributed by atoms with E-state index in [1.807, 2.05) is 36.4 Å². The third-order valence-electron chi connectivity index (χ3n) is 3.92. The first kappa shape index (κ1) is 23.8. The van der Waals surface area contributed by atoms with E-state index in [1.54, 1.807) is 12.1 Å². The molecule has 0 radical (unpaired) electrons. The third-order valence-corrected chi connectivity index (χ3v) is 3.92. The summed E-state index contributed by atoms with van der Waals surface area (Å²) in [6.07, 6.45) is 0. The van der Waals surface area contributed by atoms with E-state index >= 15 is 0 Å². The Hall–Kier alpha value is -2.52. The number of nitrogens with two attached hydrogens (primary N) is 2. The molecule has 0 fully saturated rings. The minimum atomic E-state index is 0.446. The lowest BCUT2D eigenvalue weighted by molar-refractivity contribution is -0.00695. The summed E-state index contributed by atoms with van der Waals surface area (Å²) >= 11 is 0. The van der Waals surface area contributed by atoms with E-state index in [1.165, 1.54) is 0 Å². The molecule has 0 spiro atoms. The van der Waals surface area contributed by atoms with Gasteiger partial charge in [0.1, 0.15) is 24.7 Å². The molecule has 2 rings (SSSR count). The minimum Gasteiger partial charge on any atom is -0.489 e. The van der Waals surface area contributed by atoms with Crippen LogP contribution in [0.15, 0.2) is 48.5 Å². The fourth-order valence-electron chi connectivity index (χ4n) is 2.41. The fraction of sp³-hybridized carbons (Fsp3) is 0.455. The molecule has 0 saturated carbocycles. The maximum absolute atomic E-state index is 5.79. The second-order valence-electron chi connectivity index (χ2n) is 6.22. The molecule has 30 heavy (non-hydrogen) atoms. The number of ether oxygens (including phenoxy) is 6. The normalized spacial score (nSPS) is 10.8. The largest absolute Gasteiger partial charge is 0.489 e. The summed E-state index contributed by atoms with van der Waals surface area (Å²) in [5.74, 6) is 1.35. The molecule has 0 heterocycles. The summed E-state index contributed by atoms with van der Waals surface area (Å²) in [5.41, 5.74) is 12.8. The maximum atomic E-state index is 5.79. The Kier molecular flexibility index (Phi) is 12.1. The number of nitrogen functional groups attached to an aromatic ring is 2. The summed E-state index contributed by atoms with van der Waals surface area (Å²) in [4.78, 5) is 0. The minimum absolute atomic E-state index is 0.446. The first-order valence-corrected chi connectivity index (χ1v) is 10.0. The molecule has 166 valence electrons. The lowest BCUT2D eigenvalue weighted by Gasteiger charge is -2.10. The molecule has 0 unspecified atom stereocenters. The van der Waals surface area contributed by atoms with E-state index in [9.17, 15) is 0 Å². The van der Waals surface area contributed by atoms with Crippen LogP contribution in [0.2, 0.25) is 0 Å². The number of hydrogen-bond acceptors (Lipinski definition) is 8. The van der Waals surface area contributed by atoms with Crippen LogP contribution >= 0.6 is 0 Å². The van der Waals surface area contributed by atoms with Gasteiger partial charge in [0.15, 0.2) is 0 Å². The van der Waals surface area contributed by atoms with Crippen LogP contribution in [-0.4, -0.2) is 66.1 Å². The molecular formula is C22H32N2O6. The van der Waals surface area contributed by atoms with Crippen molar-refractivity contribution in [1.29, 1.82) is 0 Å². The highest BCUT2D eigenvalue weighted by molar-refractivity contribution is 5.52. The zero-order chi connectivity index (χ0) is 21.3. The first-order valence-electron chi connectivity index (χ1n) is 10.0. The predicted octanol–water partition coefficient (Wildman–Crippen LogP) is 2.38. The number of benzene rings is 2. The Bertz CT molecular complexity index is 641. The summed E-state index contributed by atoms with van der Waals surface area (Å²) in [6.45, 7) is 4.89. The summed E-state index contributed by atoms with van der Waals surface area (Å²) in [7, 11) is 0. The van der Waals surface area contributed by atoms with Gasteiger partial charge in [-0.3, -0.25) is 0 Å². The van der Waals surface area contributed by atoms with Crippen LogP contribution in [0, 0.1) is 0 Å². The Labute approximate surface area is 177 Å². The van der Waals surface area contributed by atoms with Crippen LogP contribution in [-0.2, 0) is 18.9 Å². The SMILES string of the molecule is Nc1ccccc1OCCOCCOCCOCCOCCOc1ccccc1N. The average molecular weight is 421 g/mol. The zero-order valence-corrected chi connectivity index (χ0v) is 17.3. The fourth-order valence-corrected chi connectivity index (χ4v) is 2.41. The van der Waals surface area contributed by atoms with Crippen molar-refractivity contribution < 1.29 is 28.4 Å². The van der Waals surface area contributed by atoms with Crippen LogP contribution in [0.5, 0.6) is 11.5 Å². The number of hydrogen-bond donors (Lipinski definition) is 2. The Morgan fingerprint density at radius 1 is 0.433 bits per heavy atom. The van der Waals surface area contributed by atoms with E-state index in [0.717, 1.165) is 0 Å². The molecule has 0 aliphatic rings. The summed E-state index contributed by atoms with van der Waals surface area (Å²) < 4.78 is 32.8. The van der Waals surface area contributed by atoms with Crippen LogP contribution in [0.1, 0.15) is 0 Å². The molecule has 2 aromatic carbocycles. The van der Waals surface area contributed by atoms with Crippen LogP contribution in [0.3, 0.4) is 0 Å². The highest BCUT2D eigenvalue weighted by Crippen LogP contribution is 2.20. The lowest BCUT2D eigenvalue weighted by Crippen LogP contribution is -2.15. The van der Waals surface area contributed by atoms with Gasteiger partial charge < -0.3 is 39.9 Å². The summed E-state index contributed by atoms with van der Waals surface area (Å²) in [5, 5.41) is 0. The molecule has 0 amide bonds. The van der Waals surface area contributed by atoms with Crippen molar-refractivity contribution in [3.63, 3.8) is 0 Å². The van der Waals surface area contributed by atoms with E-state index in [4.69, 9.17) is 39.9 Å². The Balaban J connectivity index is 1.29. The molecule has 2 aromatic rings. The Morgan fingerprint density at radius 3 is 1.07 bits per heavy atom. The van der Waals surface area contributed by atoms with Gasteiger partial charge in [-0.25, -0.2) is 0 Å². The molecule has 8 nitrogen and oxygen atoms in total. The van der Waals surface area contributed by atoms with Gasteiger partial charge in [-0.15, -0.1) is 0 Å². The van der Waals surface area contributed by atoms with Gasteiger partial charge in [-0.05, 0) is 24.3 Å². The molecule has 0 aliphatic heterocycles. The molecular weight excluding hydrogens is 388 g/mol. The molecule has 8 heteroatoms. The van der Waals surface area contributed by atoms with Gasteiger partial charge >= 0.3 is 0 Å². The van der Waals surface area contributed by atoms with Crippen molar-refractivity contribution in [3.8, 4) is 11.5 Å². The van der Waals surface area contributed by atoms with Gasteiger partial charge in [0, 0.05) is 0 Å². The second-order valence-corrected chi connectivity index (χ2v) is 6.22. The predicted molar refractivity (Wildman–Crippen MR) is 116 cm³/mol. The van der Waals surface area contributed by atoms with Crippen LogP contribution in [0.4, 0.5) is 11.4 Å². The first-order chi connectivity index (χ1) is 14.8. The van der Waals surface area contributed by atoms with Crippen molar-refractivity contribution in [3.05, 3.63) is 48.5 Å². The van der Waals surface area contributed by atoms with Gasteiger partial charge in [0.25, 0.3) is 0 Å². The van der Waals surface area contributed by atoms with Gasteiger partial charge in [-0.1, -0.05) is 24.3 Å². The van der Waals surface area contributed by atoms with Crippen molar-refractivity contribution >= 4 is 11.4 Å². The highest BCUT2D eigenvalue weighted by atomic mass is 16.6. The average Bonchev–Trinajstić information content (AvgIpc) is 2.76. The van der Waals surface area contributed by atoms with Crippen molar-refractivity contribution in [1.82, 2.24) is 0 Å². The number of anilines is 2. The molecule has 4 N–H and O–H groups in total. The molecule has 0 aliphatic carbocycles. The van der Waals surface area contributed by atoms with Crippen molar-refractivity contribution in [2.45, 2.75) is 0 Å². The van der Waals surface area contributed by atoms with Gasteiger partial charge in [0.2, 0.25) is 0 Å². The zero-order valence-electron chi connectivity index (χ0n) is 17.3. The van der Waals surface area contributed by atoms with E-state index in [0.29, 0.717) is 88.9 Å². The smallest absolute Gasteiger partial charge is 0.142 e. The van der Waals surface area contributed by atoms with E-state index in [-0.39, 0.29) is 0 Å². The molecule has 0 atom stereocenters. The quantitative estimate of drug-likeness (QED) is 0.297. The second kappa shape index (κ2) is 15.3. The summed E-state index contributed by atoms with van der Waals surface area (Å²) in [6, 6.07) is 14.8. The lowest BCUT2D eigenvalue weighted by atomic mass is 10.3. The third kappa shape index (κ3) is 10.3. The van der Waals surface area contributed by atoms with Gasteiger partial charge in [-0.2, -0.15) is 0 Å². The number of rotatable bonds is 17. The van der Waals surface area contributed by atoms with Crippen molar-refractivity contribution in [2.75, 3.05) is 77.5 Å². The monoisotopic (exact) mass is 420 g/mol. The topological polar surface area (TPSA) is 107 Å². The maximum Gasteiger partial charge on any atom is 0.142 e. The molecule has 0 bridgehead atoms. The number of para-hydroxylation sites is 4. The molecule has 0 aromatic heterocycles. The highest BCUT2D eigenvalue weighted by Gasteiger charge is 1.99. The van der Waals surface area contributed by atoms with Crippen molar-refractivity contribution in [2.24, 2.45) is 0 Å². The van der Waals surface area contributed by atoms with Crippen LogP contribution in [0.25, 0.3) is 0 Å². The van der Waals surface area contributed by atoms with E-state index < -0.39 is 0 Å². The Morgan fingerprint density at radius 2 is 0.733 bits per heavy atom. The standard InChI is InChI=1S/C22H32N2O6/c23-19-5-1-3-7-21(19)29-17-15-27-13-11-25-9-10-26-12-14-28-16-18-30-22-8-4-2-6-20(22)24/h1-8H,9-18,23-24H2. The van der Waals surface area contributed by atoms with Crippen LogP contribution < -0.4 is 20.9 Å².